The number of likely N-dealkylation sites (N-methyl/N-ethyl adjacent to an activating group) is 1. The molecule has 1 heterocycles. The third-order valence-corrected chi connectivity index (χ3v) is 4.65. The van der Waals surface area contributed by atoms with Crippen molar-refractivity contribution in [3.05, 3.63) is 56.2 Å². The smallest absolute Gasteiger partial charge is 0.252 e. The molecule has 21 heavy (non-hydrogen) atoms. The van der Waals surface area contributed by atoms with E-state index in [2.05, 4.69) is 16.3 Å². The first-order chi connectivity index (χ1) is 9.99. The zero-order valence-electron chi connectivity index (χ0n) is 11.8. The molecule has 0 bridgehead atoms. The fraction of sp³-hybridized carbons (Fsp3) is 0.267. The van der Waals surface area contributed by atoms with Crippen molar-refractivity contribution in [1.29, 1.82) is 0 Å². The first kappa shape index (κ1) is 16.3. The normalized spacial score (nSPS) is 12.4. The quantitative estimate of drug-likeness (QED) is 0.887. The number of halogens is 2. The van der Waals surface area contributed by atoms with Crippen LogP contribution in [0, 0.1) is 0 Å². The van der Waals surface area contributed by atoms with Gasteiger partial charge in [-0.05, 0) is 43.7 Å². The fourth-order valence-electron chi connectivity index (χ4n) is 1.98. The van der Waals surface area contributed by atoms with Gasteiger partial charge in [-0.25, -0.2) is 0 Å². The van der Waals surface area contributed by atoms with E-state index in [1.807, 2.05) is 25.5 Å². The van der Waals surface area contributed by atoms with Crippen LogP contribution in [0.15, 0.2) is 35.7 Å². The van der Waals surface area contributed by atoms with Gasteiger partial charge in [0.1, 0.15) is 0 Å². The second kappa shape index (κ2) is 7.27. The highest BCUT2D eigenvalue weighted by molar-refractivity contribution is 7.10. The predicted octanol–water partition coefficient (Wildman–Crippen LogP) is 4.09. The number of hydrogen-bond acceptors (Lipinski definition) is 3. The van der Waals surface area contributed by atoms with Crippen molar-refractivity contribution in [2.75, 3.05) is 20.6 Å². The highest BCUT2D eigenvalue weighted by atomic mass is 35.5. The maximum Gasteiger partial charge on any atom is 0.252 e. The number of rotatable bonds is 5. The van der Waals surface area contributed by atoms with E-state index in [0.717, 1.165) is 0 Å². The van der Waals surface area contributed by atoms with Crippen molar-refractivity contribution < 1.29 is 4.79 Å². The lowest BCUT2D eigenvalue weighted by atomic mass is 10.2. The Morgan fingerprint density at radius 1 is 1.33 bits per heavy atom. The number of hydrogen-bond donors (Lipinski definition) is 1. The Morgan fingerprint density at radius 3 is 2.67 bits per heavy atom. The molecule has 0 aliphatic heterocycles. The van der Waals surface area contributed by atoms with Gasteiger partial charge in [0.05, 0.1) is 16.6 Å². The van der Waals surface area contributed by atoms with E-state index in [0.29, 0.717) is 22.2 Å². The third-order valence-electron chi connectivity index (χ3n) is 3.13. The molecule has 1 N–H and O–H groups in total. The second-order valence-electron chi connectivity index (χ2n) is 4.83. The van der Waals surface area contributed by atoms with E-state index >= 15 is 0 Å². The van der Waals surface area contributed by atoms with Crippen molar-refractivity contribution >= 4 is 40.4 Å². The zero-order chi connectivity index (χ0) is 15.4. The molecule has 0 aliphatic rings. The molecule has 112 valence electrons. The third kappa shape index (κ3) is 4.20. The van der Waals surface area contributed by atoms with Crippen molar-refractivity contribution in [2.24, 2.45) is 0 Å². The minimum absolute atomic E-state index is 0.139. The lowest BCUT2D eigenvalue weighted by Gasteiger charge is -2.23. The van der Waals surface area contributed by atoms with Crippen molar-refractivity contribution in [1.82, 2.24) is 10.2 Å². The van der Waals surface area contributed by atoms with Gasteiger partial charge in [-0.2, -0.15) is 0 Å². The largest absolute Gasteiger partial charge is 0.350 e. The van der Waals surface area contributed by atoms with Gasteiger partial charge >= 0.3 is 0 Å². The van der Waals surface area contributed by atoms with Crippen molar-refractivity contribution in [2.45, 2.75) is 6.04 Å². The maximum absolute atomic E-state index is 12.2. The predicted molar refractivity (Wildman–Crippen MR) is 89.5 cm³/mol. The molecule has 0 spiro atoms. The Bertz CT molecular complexity index is 614. The van der Waals surface area contributed by atoms with Crippen molar-refractivity contribution in [3.63, 3.8) is 0 Å². The van der Waals surface area contributed by atoms with E-state index < -0.39 is 0 Å². The van der Waals surface area contributed by atoms with Crippen LogP contribution < -0.4 is 5.32 Å². The molecule has 2 rings (SSSR count). The molecule has 3 nitrogen and oxygen atoms in total. The molecule has 6 heteroatoms. The van der Waals surface area contributed by atoms with Gasteiger partial charge in [-0.15, -0.1) is 11.3 Å². The molecular formula is C15H16Cl2N2OS. The first-order valence-corrected chi connectivity index (χ1v) is 8.05. The summed E-state index contributed by atoms with van der Waals surface area (Å²) >= 11 is 13.6. The van der Waals surface area contributed by atoms with E-state index in [1.165, 1.54) is 4.88 Å². The fourth-order valence-corrected chi connectivity index (χ4v) is 3.39. The van der Waals surface area contributed by atoms with Gasteiger partial charge in [-0.1, -0.05) is 29.3 Å². The molecule has 0 fully saturated rings. The van der Waals surface area contributed by atoms with Gasteiger partial charge < -0.3 is 10.2 Å². The van der Waals surface area contributed by atoms with Gasteiger partial charge in [0.15, 0.2) is 0 Å². The molecule has 1 amide bonds. The number of nitrogens with zero attached hydrogens (tertiary/aromatic N) is 1. The number of thiophene rings is 1. The lowest BCUT2D eigenvalue weighted by molar-refractivity contribution is 0.0942. The highest BCUT2D eigenvalue weighted by Crippen LogP contribution is 2.23. The van der Waals surface area contributed by atoms with E-state index in [1.54, 1.807) is 29.5 Å². The Labute approximate surface area is 138 Å². The first-order valence-electron chi connectivity index (χ1n) is 6.42. The van der Waals surface area contributed by atoms with Crippen LogP contribution in [0.5, 0.6) is 0 Å². The van der Waals surface area contributed by atoms with E-state index in [-0.39, 0.29) is 11.9 Å². The molecule has 2 aromatic rings. The second-order valence-corrected chi connectivity index (χ2v) is 6.65. The van der Waals surface area contributed by atoms with Crippen LogP contribution in [0.4, 0.5) is 0 Å². The molecule has 1 aromatic heterocycles. The SMILES string of the molecule is CN(C)C(CNC(=O)c1ccc(Cl)cc1Cl)c1cccs1. The van der Waals surface area contributed by atoms with Gasteiger partial charge in [0.25, 0.3) is 5.91 Å². The standard InChI is InChI=1S/C15H16Cl2N2OS/c1-19(2)13(14-4-3-7-21-14)9-18-15(20)11-6-5-10(16)8-12(11)17/h3-8,13H,9H2,1-2H3,(H,18,20). The summed E-state index contributed by atoms with van der Waals surface area (Å²) in [4.78, 5) is 15.5. The number of benzene rings is 1. The summed E-state index contributed by atoms with van der Waals surface area (Å²) in [6, 6.07) is 9.08. The molecule has 0 saturated carbocycles. The maximum atomic E-state index is 12.2. The average Bonchev–Trinajstić information content (AvgIpc) is 2.92. The molecule has 1 unspecified atom stereocenters. The minimum Gasteiger partial charge on any atom is -0.350 e. The Hall–Kier alpha value is -1.07. The van der Waals surface area contributed by atoms with Crippen LogP contribution >= 0.6 is 34.5 Å². The average molecular weight is 343 g/mol. The lowest BCUT2D eigenvalue weighted by Crippen LogP contribution is -2.34. The number of carbonyl (C=O) groups is 1. The monoisotopic (exact) mass is 342 g/mol. The summed E-state index contributed by atoms with van der Waals surface area (Å²) in [5.74, 6) is -0.194. The molecule has 0 saturated heterocycles. The highest BCUT2D eigenvalue weighted by Gasteiger charge is 2.17. The molecule has 0 radical (unpaired) electrons. The zero-order valence-corrected chi connectivity index (χ0v) is 14.1. The molecule has 1 atom stereocenters. The summed E-state index contributed by atoms with van der Waals surface area (Å²) in [5.41, 5.74) is 0.435. The number of carbonyl (C=O) groups excluding carboxylic acids is 1. The van der Waals surface area contributed by atoms with E-state index in [9.17, 15) is 4.79 Å². The van der Waals surface area contributed by atoms with Crippen LogP contribution in [0.25, 0.3) is 0 Å². The number of nitrogens with one attached hydrogen (secondary N) is 1. The van der Waals surface area contributed by atoms with Gasteiger partial charge in [-0.3, -0.25) is 4.79 Å². The summed E-state index contributed by atoms with van der Waals surface area (Å²) in [6.45, 7) is 0.519. The summed E-state index contributed by atoms with van der Waals surface area (Å²) in [5, 5.41) is 5.83. The Morgan fingerprint density at radius 2 is 2.10 bits per heavy atom. The Balaban J connectivity index is 2.05. The topological polar surface area (TPSA) is 32.3 Å². The summed E-state index contributed by atoms with van der Waals surface area (Å²) < 4.78 is 0. The molecule has 0 aliphatic carbocycles. The summed E-state index contributed by atoms with van der Waals surface area (Å²) in [6.07, 6.45) is 0. The minimum atomic E-state index is -0.194. The summed E-state index contributed by atoms with van der Waals surface area (Å²) in [7, 11) is 3.98. The van der Waals surface area contributed by atoms with Crippen molar-refractivity contribution in [3.8, 4) is 0 Å². The van der Waals surface area contributed by atoms with Crippen LogP contribution in [-0.4, -0.2) is 31.4 Å². The molecular weight excluding hydrogens is 327 g/mol. The van der Waals surface area contributed by atoms with Crippen LogP contribution in [0.2, 0.25) is 10.0 Å². The van der Waals surface area contributed by atoms with Crippen LogP contribution in [-0.2, 0) is 0 Å². The molecule has 1 aromatic carbocycles. The van der Waals surface area contributed by atoms with Crippen LogP contribution in [0.3, 0.4) is 0 Å². The van der Waals surface area contributed by atoms with Crippen LogP contribution in [0.1, 0.15) is 21.3 Å². The van der Waals surface area contributed by atoms with Gasteiger partial charge in [0, 0.05) is 16.4 Å². The van der Waals surface area contributed by atoms with E-state index in [4.69, 9.17) is 23.2 Å². The van der Waals surface area contributed by atoms with Gasteiger partial charge in [0.2, 0.25) is 0 Å². The number of amides is 1. The Kier molecular flexibility index (Phi) is 5.65.